The molecule has 0 bridgehead atoms. The minimum Gasteiger partial charge on any atom is -0.481 e. The number of likely N-dealkylation sites (tertiary alicyclic amines) is 1. The van der Waals surface area contributed by atoms with Crippen LogP contribution in [0.4, 0.5) is 0 Å². The van der Waals surface area contributed by atoms with E-state index in [0.717, 1.165) is 6.42 Å². The van der Waals surface area contributed by atoms with Crippen molar-refractivity contribution in [1.29, 1.82) is 0 Å². The van der Waals surface area contributed by atoms with Crippen molar-refractivity contribution in [2.75, 3.05) is 13.1 Å². The number of aliphatic carboxylic acids is 1. The zero-order valence-corrected chi connectivity index (χ0v) is 12.3. The number of carboxylic acid groups (broad SMARTS) is 1. The summed E-state index contributed by atoms with van der Waals surface area (Å²) in [5.74, 6) is -0.506. The number of carboxylic acids is 1. The third kappa shape index (κ3) is 3.33. The highest BCUT2D eigenvalue weighted by molar-refractivity contribution is 6.31. The lowest BCUT2D eigenvalue weighted by molar-refractivity contribution is -0.137. The first kappa shape index (κ1) is 14.9. The second-order valence-electron chi connectivity index (χ2n) is 5.17. The standard InChI is InChI=1S/C14H19ClN2O3/c1-2-16-9-11(15)7-12(16)14(20)17-6-5-10(8-17)3-4-13(18)19/h7,9-10H,2-6,8H2,1H3,(H,18,19). The maximum absolute atomic E-state index is 12.5. The molecular formula is C14H19ClN2O3. The number of hydrogen-bond donors (Lipinski definition) is 1. The Morgan fingerprint density at radius 1 is 1.50 bits per heavy atom. The molecule has 0 saturated carbocycles. The molecule has 1 fully saturated rings. The molecule has 1 unspecified atom stereocenters. The van der Waals surface area contributed by atoms with Crippen LogP contribution in [-0.4, -0.2) is 39.5 Å². The summed E-state index contributed by atoms with van der Waals surface area (Å²) in [6, 6.07) is 1.69. The Morgan fingerprint density at radius 2 is 2.25 bits per heavy atom. The lowest BCUT2D eigenvalue weighted by Crippen LogP contribution is -2.30. The second kappa shape index (κ2) is 6.31. The molecule has 6 heteroatoms. The molecule has 1 aromatic rings. The van der Waals surface area contributed by atoms with Gasteiger partial charge in [-0.25, -0.2) is 0 Å². The van der Waals surface area contributed by atoms with Gasteiger partial charge in [-0.1, -0.05) is 11.6 Å². The number of halogens is 1. The fourth-order valence-corrected chi connectivity index (χ4v) is 2.88. The average molecular weight is 299 g/mol. The Balaban J connectivity index is 1.98. The fourth-order valence-electron chi connectivity index (χ4n) is 2.66. The Bertz CT molecular complexity index is 513. The molecule has 0 aromatic carbocycles. The first-order chi connectivity index (χ1) is 9.51. The first-order valence-electron chi connectivity index (χ1n) is 6.88. The summed E-state index contributed by atoms with van der Waals surface area (Å²) >= 11 is 5.95. The largest absolute Gasteiger partial charge is 0.481 e. The van der Waals surface area contributed by atoms with Gasteiger partial charge in [0.15, 0.2) is 0 Å². The molecule has 0 radical (unpaired) electrons. The van der Waals surface area contributed by atoms with Crippen LogP contribution in [0.25, 0.3) is 0 Å². The number of nitrogens with zero attached hydrogens (tertiary/aromatic N) is 2. The van der Waals surface area contributed by atoms with Gasteiger partial charge in [0.2, 0.25) is 0 Å². The van der Waals surface area contributed by atoms with Gasteiger partial charge in [-0.05, 0) is 31.7 Å². The summed E-state index contributed by atoms with van der Waals surface area (Å²) in [7, 11) is 0. The predicted octanol–water partition coefficient (Wildman–Crippen LogP) is 2.49. The summed E-state index contributed by atoms with van der Waals surface area (Å²) in [4.78, 5) is 24.8. The molecule has 20 heavy (non-hydrogen) atoms. The molecule has 2 rings (SSSR count). The molecule has 1 N–H and O–H groups in total. The van der Waals surface area contributed by atoms with Gasteiger partial charge >= 0.3 is 5.97 Å². The predicted molar refractivity (Wildman–Crippen MR) is 76.0 cm³/mol. The Morgan fingerprint density at radius 3 is 2.90 bits per heavy atom. The molecule has 0 aliphatic carbocycles. The normalized spacial score (nSPS) is 18.5. The van der Waals surface area contributed by atoms with Crippen LogP contribution in [-0.2, 0) is 11.3 Å². The number of rotatable bonds is 5. The van der Waals surface area contributed by atoms with E-state index in [9.17, 15) is 9.59 Å². The highest BCUT2D eigenvalue weighted by Gasteiger charge is 2.28. The third-order valence-electron chi connectivity index (χ3n) is 3.76. The van der Waals surface area contributed by atoms with E-state index >= 15 is 0 Å². The average Bonchev–Trinajstić information content (AvgIpc) is 3.01. The quantitative estimate of drug-likeness (QED) is 0.908. The van der Waals surface area contributed by atoms with Crippen molar-refractivity contribution in [2.45, 2.75) is 32.7 Å². The molecule has 1 amide bonds. The Labute approximate surface area is 123 Å². The van der Waals surface area contributed by atoms with Crippen LogP contribution in [0.15, 0.2) is 12.3 Å². The molecule has 1 aliphatic heterocycles. The lowest BCUT2D eigenvalue weighted by atomic mass is 10.0. The minimum absolute atomic E-state index is 0.0171. The molecule has 1 saturated heterocycles. The third-order valence-corrected chi connectivity index (χ3v) is 3.97. The number of amides is 1. The first-order valence-corrected chi connectivity index (χ1v) is 7.25. The molecule has 1 aliphatic rings. The van der Waals surface area contributed by atoms with E-state index in [1.165, 1.54) is 0 Å². The van der Waals surface area contributed by atoms with Gasteiger partial charge in [0.05, 0.1) is 5.02 Å². The summed E-state index contributed by atoms with van der Waals surface area (Å²) in [5.41, 5.74) is 0.608. The van der Waals surface area contributed by atoms with Crippen molar-refractivity contribution in [3.05, 3.63) is 23.0 Å². The second-order valence-corrected chi connectivity index (χ2v) is 5.60. The SMILES string of the molecule is CCn1cc(Cl)cc1C(=O)N1CCC(CCC(=O)O)C1. The summed E-state index contributed by atoms with van der Waals surface area (Å²) in [6.07, 6.45) is 3.44. The van der Waals surface area contributed by atoms with Crippen LogP contribution in [0.2, 0.25) is 5.02 Å². The maximum Gasteiger partial charge on any atom is 0.303 e. The number of aromatic nitrogens is 1. The van der Waals surface area contributed by atoms with Crippen LogP contribution in [0, 0.1) is 5.92 Å². The molecule has 5 nitrogen and oxygen atoms in total. The van der Waals surface area contributed by atoms with E-state index in [1.807, 2.05) is 11.5 Å². The van der Waals surface area contributed by atoms with Gasteiger partial charge in [-0.2, -0.15) is 0 Å². The van der Waals surface area contributed by atoms with Gasteiger partial charge in [0, 0.05) is 32.3 Å². The Hall–Kier alpha value is -1.49. The van der Waals surface area contributed by atoms with Crippen LogP contribution < -0.4 is 0 Å². The number of aryl methyl sites for hydroxylation is 1. The maximum atomic E-state index is 12.5. The van der Waals surface area contributed by atoms with Gasteiger partial charge in [0.1, 0.15) is 5.69 Å². The van der Waals surface area contributed by atoms with Gasteiger partial charge < -0.3 is 14.6 Å². The smallest absolute Gasteiger partial charge is 0.303 e. The minimum atomic E-state index is -0.776. The summed E-state index contributed by atoms with van der Waals surface area (Å²) in [6.45, 7) is 3.99. The van der Waals surface area contributed by atoms with Gasteiger partial charge in [0.25, 0.3) is 5.91 Å². The van der Waals surface area contributed by atoms with Crippen LogP contribution in [0.1, 0.15) is 36.7 Å². The van der Waals surface area contributed by atoms with Crippen molar-refractivity contribution < 1.29 is 14.7 Å². The molecular weight excluding hydrogens is 280 g/mol. The fraction of sp³-hybridized carbons (Fsp3) is 0.571. The molecule has 2 heterocycles. The zero-order valence-electron chi connectivity index (χ0n) is 11.5. The van der Waals surface area contributed by atoms with E-state index in [-0.39, 0.29) is 18.2 Å². The molecule has 1 aromatic heterocycles. The molecule has 110 valence electrons. The van der Waals surface area contributed by atoms with E-state index in [2.05, 4.69) is 0 Å². The highest BCUT2D eigenvalue weighted by atomic mass is 35.5. The Kier molecular flexibility index (Phi) is 4.70. The van der Waals surface area contributed by atoms with Crippen molar-refractivity contribution in [1.82, 2.24) is 9.47 Å². The lowest BCUT2D eigenvalue weighted by Gasteiger charge is -2.17. The van der Waals surface area contributed by atoms with Crippen LogP contribution in [0.5, 0.6) is 0 Å². The van der Waals surface area contributed by atoms with E-state index in [4.69, 9.17) is 16.7 Å². The monoisotopic (exact) mass is 298 g/mol. The van der Waals surface area contributed by atoms with Crippen LogP contribution >= 0.6 is 11.6 Å². The van der Waals surface area contributed by atoms with Crippen molar-refractivity contribution in [2.24, 2.45) is 5.92 Å². The van der Waals surface area contributed by atoms with Crippen LogP contribution in [0.3, 0.4) is 0 Å². The summed E-state index contributed by atoms with van der Waals surface area (Å²) < 4.78 is 1.84. The zero-order chi connectivity index (χ0) is 14.7. The van der Waals surface area contributed by atoms with Crippen molar-refractivity contribution in [3.8, 4) is 0 Å². The molecule has 0 spiro atoms. The van der Waals surface area contributed by atoms with E-state index in [0.29, 0.717) is 36.8 Å². The van der Waals surface area contributed by atoms with Crippen molar-refractivity contribution >= 4 is 23.5 Å². The number of hydrogen-bond acceptors (Lipinski definition) is 2. The van der Waals surface area contributed by atoms with E-state index in [1.54, 1.807) is 17.2 Å². The van der Waals surface area contributed by atoms with Gasteiger partial charge in [-0.3, -0.25) is 9.59 Å². The topological polar surface area (TPSA) is 62.5 Å². The van der Waals surface area contributed by atoms with Gasteiger partial charge in [-0.15, -0.1) is 0 Å². The highest BCUT2D eigenvalue weighted by Crippen LogP contribution is 2.24. The van der Waals surface area contributed by atoms with Crippen molar-refractivity contribution in [3.63, 3.8) is 0 Å². The summed E-state index contributed by atoms with van der Waals surface area (Å²) in [5, 5.41) is 9.27. The number of carbonyl (C=O) groups is 2. The van der Waals surface area contributed by atoms with E-state index < -0.39 is 5.97 Å². The number of carbonyl (C=O) groups excluding carboxylic acids is 1. The molecule has 1 atom stereocenters.